The summed E-state index contributed by atoms with van der Waals surface area (Å²) < 4.78 is 22.6. The lowest BCUT2D eigenvalue weighted by molar-refractivity contribution is -0.126. The maximum atomic E-state index is 12.1. The third-order valence-electron chi connectivity index (χ3n) is 2.77. The first kappa shape index (κ1) is 18.1. The molecule has 1 aromatic carbocycles. The van der Waals surface area contributed by atoms with Crippen LogP contribution in [0.25, 0.3) is 0 Å². The van der Waals surface area contributed by atoms with Gasteiger partial charge in [-0.3, -0.25) is 15.0 Å². The molecule has 0 saturated carbocycles. The van der Waals surface area contributed by atoms with Gasteiger partial charge in [-0.15, -0.1) is 0 Å². The van der Waals surface area contributed by atoms with E-state index in [0.717, 1.165) is 6.26 Å². The smallest absolute Gasteiger partial charge is 0.256 e. The van der Waals surface area contributed by atoms with Crippen LogP contribution < -0.4 is 10.7 Å². The van der Waals surface area contributed by atoms with Gasteiger partial charge in [-0.1, -0.05) is 18.2 Å². The van der Waals surface area contributed by atoms with E-state index in [1.54, 1.807) is 44.4 Å². The molecule has 0 heterocycles. The molecule has 2 N–H and O–H groups in total. The fourth-order valence-electron chi connectivity index (χ4n) is 1.73. The molecule has 2 amide bonds. The minimum atomic E-state index is -3.23. The van der Waals surface area contributed by atoms with Crippen molar-refractivity contribution in [2.24, 2.45) is 0 Å². The molecule has 7 nitrogen and oxygen atoms in total. The summed E-state index contributed by atoms with van der Waals surface area (Å²) >= 11 is 0. The van der Waals surface area contributed by atoms with Gasteiger partial charge in [-0.05, 0) is 18.6 Å². The zero-order chi connectivity index (χ0) is 16.8. The normalized spacial score (nSPS) is 12.7. The van der Waals surface area contributed by atoms with Crippen molar-refractivity contribution in [2.45, 2.75) is 12.5 Å². The Bertz CT molecular complexity index is 614. The van der Waals surface area contributed by atoms with E-state index in [4.69, 9.17) is 0 Å². The molecule has 0 aliphatic rings. The molecule has 1 atom stereocenters. The Morgan fingerprint density at radius 2 is 1.77 bits per heavy atom. The predicted octanol–water partition coefficient (Wildman–Crippen LogP) is -0.187. The SMILES string of the molecule is CN(C)NC(=O)[C@H](CCS(C)(=O)=O)NC(=O)c1ccccc1. The lowest BCUT2D eigenvalue weighted by Crippen LogP contribution is -2.51. The van der Waals surface area contributed by atoms with E-state index in [1.165, 1.54) is 5.01 Å². The highest BCUT2D eigenvalue weighted by Crippen LogP contribution is 2.02. The number of hydrogen-bond donors (Lipinski definition) is 2. The standard InChI is InChI=1S/C14H21N3O4S/c1-17(2)16-14(19)12(9-10-22(3,20)21)15-13(18)11-7-5-4-6-8-11/h4-8,12H,9-10H2,1-3H3,(H,15,18)(H,16,19)/t12-/m0/s1. The highest BCUT2D eigenvalue weighted by atomic mass is 32.2. The van der Waals surface area contributed by atoms with Gasteiger partial charge < -0.3 is 5.32 Å². The van der Waals surface area contributed by atoms with Crippen LogP contribution in [0.1, 0.15) is 16.8 Å². The number of carbonyl (C=O) groups excluding carboxylic acids is 2. The van der Waals surface area contributed by atoms with Crippen molar-refractivity contribution in [3.05, 3.63) is 35.9 Å². The quantitative estimate of drug-likeness (QED) is 0.677. The van der Waals surface area contributed by atoms with Crippen LogP contribution in [0.2, 0.25) is 0 Å². The molecule has 0 spiro atoms. The maximum absolute atomic E-state index is 12.1. The molecular formula is C14H21N3O4S. The molecule has 0 aromatic heterocycles. The Hall–Kier alpha value is -1.93. The summed E-state index contributed by atoms with van der Waals surface area (Å²) in [5, 5.41) is 4.00. The van der Waals surface area contributed by atoms with Crippen molar-refractivity contribution in [2.75, 3.05) is 26.1 Å². The van der Waals surface area contributed by atoms with Crippen molar-refractivity contribution < 1.29 is 18.0 Å². The summed E-state index contributed by atoms with van der Waals surface area (Å²) in [5.41, 5.74) is 2.93. The maximum Gasteiger partial charge on any atom is 0.256 e. The predicted molar refractivity (Wildman–Crippen MR) is 83.9 cm³/mol. The average molecular weight is 327 g/mol. The van der Waals surface area contributed by atoms with Crippen molar-refractivity contribution in [3.63, 3.8) is 0 Å². The molecular weight excluding hydrogens is 306 g/mol. The van der Waals surface area contributed by atoms with Crippen LogP contribution in [0.15, 0.2) is 30.3 Å². The van der Waals surface area contributed by atoms with Crippen molar-refractivity contribution in [1.29, 1.82) is 0 Å². The Morgan fingerprint density at radius 3 is 2.27 bits per heavy atom. The van der Waals surface area contributed by atoms with Gasteiger partial charge in [0.05, 0.1) is 5.75 Å². The fraction of sp³-hybridized carbons (Fsp3) is 0.429. The zero-order valence-corrected chi connectivity index (χ0v) is 13.7. The summed E-state index contributed by atoms with van der Waals surface area (Å²) in [5.74, 6) is -1.07. The summed E-state index contributed by atoms with van der Waals surface area (Å²) in [6, 6.07) is 7.50. The van der Waals surface area contributed by atoms with Gasteiger partial charge in [0.15, 0.2) is 0 Å². The molecule has 0 aliphatic carbocycles. The monoisotopic (exact) mass is 327 g/mol. The number of hydrazine groups is 1. The molecule has 0 unspecified atom stereocenters. The summed E-state index contributed by atoms with van der Waals surface area (Å²) in [6.07, 6.45) is 1.10. The van der Waals surface area contributed by atoms with E-state index in [1.807, 2.05) is 0 Å². The number of carbonyl (C=O) groups is 2. The van der Waals surface area contributed by atoms with Crippen LogP contribution in [0.4, 0.5) is 0 Å². The lowest BCUT2D eigenvalue weighted by atomic mass is 10.1. The van der Waals surface area contributed by atoms with Crippen molar-refractivity contribution >= 4 is 21.7 Å². The van der Waals surface area contributed by atoms with E-state index in [0.29, 0.717) is 5.56 Å². The number of nitrogens with zero attached hydrogens (tertiary/aromatic N) is 1. The molecule has 0 bridgehead atoms. The van der Waals surface area contributed by atoms with Crippen molar-refractivity contribution in [3.8, 4) is 0 Å². The Balaban J connectivity index is 2.80. The van der Waals surface area contributed by atoms with Crippen LogP contribution in [0.5, 0.6) is 0 Å². The molecule has 1 aromatic rings. The van der Waals surface area contributed by atoms with Crippen LogP contribution in [-0.2, 0) is 14.6 Å². The highest BCUT2D eigenvalue weighted by Gasteiger charge is 2.23. The van der Waals surface area contributed by atoms with Crippen molar-refractivity contribution in [1.82, 2.24) is 15.8 Å². The van der Waals surface area contributed by atoms with Gasteiger partial charge in [0.1, 0.15) is 15.9 Å². The molecule has 0 aliphatic heterocycles. The Morgan fingerprint density at radius 1 is 1.18 bits per heavy atom. The lowest BCUT2D eigenvalue weighted by Gasteiger charge is -2.20. The second kappa shape index (κ2) is 7.90. The first-order chi connectivity index (χ1) is 10.2. The number of sulfone groups is 1. The first-order valence-electron chi connectivity index (χ1n) is 6.70. The molecule has 122 valence electrons. The van der Waals surface area contributed by atoms with E-state index in [-0.39, 0.29) is 12.2 Å². The first-order valence-corrected chi connectivity index (χ1v) is 8.76. The molecule has 22 heavy (non-hydrogen) atoms. The Labute approximate surface area is 130 Å². The highest BCUT2D eigenvalue weighted by molar-refractivity contribution is 7.90. The molecule has 8 heteroatoms. The third-order valence-corrected chi connectivity index (χ3v) is 3.75. The van der Waals surface area contributed by atoms with Gasteiger partial charge in [0.25, 0.3) is 11.8 Å². The van der Waals surface area contributed by atoms with E-state index >= 15 is 0 Å². The van der Waals surface area contributed by atoms with Crippen LogP contribution in [0, 0.1) is 0 Å². The van der Waals surface area contributed by atoms with Gasteiger partial charge in [-0.2, -0.15) is 0 Å². The number of hydrogen-bond acceptors (Lipinski definition) is 5. The number of nitrogens with one attached hydrogen (secondary N) is 2. The van der Waals surface area contributed by atoms with Gasteiger partial charge in [0, 0.05) is 25.9 Å². The topological polar surface area (TPSA) is 95.6 Å². The third kappa shape index (κ3) is 6.68. The van der Waals surface area contributed by atoms with Gasteiger partial charge in [-0.25, -0.2) is 13.4 Å². The minimum absolute atomic E-state index is 0.0110. The summed E-state index contributed by atoms with van der Waals surface area (Å²) in [4.78, 5) is 24.2. The minimum Gasteiger partial charge on any atom is -0.340 e. The van der Waals surface area contributed by atoms with Crippen LogP contribution in [-0.4, -0.2) is 57.4 Å². The molecule has 0 fully saturated rings. The molecule has 0 saturated heterocycles. The fourth-order valence-corrected chi connectivity index (χ4v) is 2.39. The number of rotatable bonds is 7. The van der Waals surface area contributed by atoms with E-state index < -0.39 is 27.7 Å². The van der Waals surface area contributed by atoms with Crippen LogP contribution >= 0.6 is 0 Å². The second-order valence-corrected chi connectivity index (χ2v) is 7.44. The van der Waals surface area contributed by atoms with Gasteiger partial charge >= 0.3 is 0 Å². The summed E-state index contributed by atoms with van der Waals surface area (Å²) in [6.45, 7) is 0. The Kier molecular flexibility index (Phi) is 6.51. The van der Waals surface area contributed by atoms with Crippen LogP contribution in [0.3, 0.4) is 0 Å². The molecule has 1 rings (SSSR count). The van der Waals surface area contributed by atoms with E-state index in [2.05, 4.69) is 10.7 Å². The molecule has 0 radical (unpaired) electrons. The number of amides is 2. The largest absolute Gasteiger partial charge is 0.340 e. The number of benzene rings is 1. The zero-order valence-electron chi connectivity index (χ0n) is 12.9. The van der Waals surface area contributed by atoms with Gasteiger partial charge in [0.2, 0.25) is 0 Å². The van der Waals surface area contributed by atoms with E-state index in [9.17, 15) is 18.0 Å². The second-order valence-electron chi connectivity index (χ2n) is 5.18. The summed E-state index contributed by atoms with van der Waals surface area (Å²) in [7, 11) is 0.0325. The average Bonchev–Trinajstić information content (AvgIpc) is 2.42.